The summed E-state index contributed by atoms with van der Waals surface area (Å²) in [6.45, 7) is 2.75. The van der Waals surface area contributed by atoms with E-state index in [0.717, 1.165) is 26.1 Å². The van der Waals surface area contributed by atoms with Crippen molar-refractivity contribution >= 4 is 17.3 Å². The van der Waals surface area contributed by atoms with Crippen LogP contribution in [0.2, 0.25) is 5.02 Å². The Bertz CT molecular complexity index is 405. The lowest BCUT2D eigenvalue weighted by molar-refractivity contribution is 0.171. The number of anilines is 1. The molecule has 0 saturated heterocycles. The number of methoxy groups -OCH3 is 1. The van der Waals surface area contributed by atoms with E-state index < -0.39 is 0 Å². The minimum atomic E-state index is 0.480. The maximum absolute atomic E-state index is 5.99. The lowest BCUT2D eigenvalue weighted by Gasteiger charge is -2.15. The van der Waals surface area contributed by atoms with Gasteiger partial charge in [0.05, 0.1) is 10.7 Å². The van der Waals surface area contributed by atoms with Gasteiger partial charge in [-0.1, -0.05) is 17.7 Å². The molecule has 0 heterocycles. The molecule has 100 valence electrons. The topological polar surface area (TPSA) is 47.3 Å². The zero-order valence-electron chi connectivity index (χ0n) is 10.8. The summed E-state index contributed by atoms with van der Waals surface area (Å²) in [6.07, 6.45) is 3.77. The van der Waals surface area contributed by atoms with Gasteiger partial charge in [-0.05, 0) is 42.4 Å². The second kappa shape index (κ2) is 5.91. The quantitative estimate of drug-likeness (QED) is 0.748. The van der Waals surface area contributed by atoms with Crippen molar-refractivity contribution in [2.45, 2.75) is 25.8 Å². The Balaban J connectivity index is 1.76. The van der Waals surface area contributed by atoms with Crippen LogP contribution < -0.4 is 11.1 Å². The smallest absolute Gasteiger partial charge is 0.0638 e. The standard InChI is InChI=1S/C14H21ClN2O/c1-18-7-6-14(4-5-14)10-17-9-11-2-3-13(16)12(15)8-11/h2-3,8,17H,4-7,9-10,16H2,1H3. The summed E-state index contributed by atoms with van der Waals surface area (Å²) in [5, 5.41) is 4.14. The third-order valence-electron chi connectivity index (χ3n) is 3.69. The summed E-state index contributed by atoms with van der Waals surface area (Å²) in [6, 6.07) is 5.80. The molecule has 0 atom stereocenters. The van der Waals surface area contributed by atoms with Crippen LogP contribution in [0.3, 0.4) is 0 Å². The molecule has 1 aromatic carbocycles. The number of rotatable bonds is 7. The van der Waals surface area contributed by atoms with Gasteiger partial charge in [0.2, 0.25) is 0 Å². The van der Waals surface area contributed by atoms with Crippen LogP contribution >= 0.6 is 11.6 Å². The van der Waals surface area contributed by atoms with Crippen molar-refractivity contribution in [1.29, 1.82) is 0 Å². The minimum absolute atomic E-state index is 0.480. The maximum atomic E-state index is 5.99. The van der Waals surface area contributed by atoms with Gasteiger partial charge in [0.25, 0.3) is 0 Å². The molecule has 3 nitrogen and oxygen atoms in total. The highest BCUT2D eigenvalue weighted by atomic mass is 35.5. The van der Waals surface area contributed by atoms with Crippen LogP contribution in [0.25, 0.3) is 0 Å². The monoisotopic (exact) mass is 268 g/mol. The lowest BCUT2D eigenvalue weighted by Crippen LogP contribution is -2.24. The van der Waals surface area contributed by atoms with E-state index in [1.807, 2.05) is 18.2 Å². The van der Waals surface area contributed by atoms with Crippen LogP contribution in [0.1, 0.15) is 24.8 Å². The first kappa shape index (κ1) is 13.7. The normalized spacial score (nSPS) is 16.8. The molecule has 4 heteroatoms. The van der Waals surface area contributed by atoms with Gasteiger partial charge in [-0.3, -0.25) is 0 Å². The molecule has 0 aliphatic heterocycles. The third-order valence-corrected chi connectivity index (χ3v) is 4.01. The first-order valence-corrected chi connectivity index (χ1v) is 6.77. The van der Waals surface area contributed by atoms with Gasteiger partial charge in [-0.15, -0.1) is 0 Å². The number of nitrogen functional groups attached to an aromatic ring is 1. The van der Waals surface area contributed by atoms with Crippen LogP contribution in [0, 0.1) is 5.41 Å². The molecule has 3 N–H and O–H groups in total. The van der Waals surface area contributed by atoms with E-state index in [-0.39, 0.29) is 0 Å². The highest BCUT2D eigenvalue weighted by Gasteiger charge is 2.41. The zero-order chi connectivity index (χ0) is 13.0. The fourth-order valence-electron chi connectivity index (χ4n) is 2.16. The predicted molar refractivity (Wildman–Crippen MR) is 75.7 cm³/mol. The molecule has 0 bridgehead atoms. The predicted octanol–water partition coefficient (Wildman–Crippen LogP) is 2.83. The molecule has 0 amide bonds. The van der Waals surface area contributed by atoms with Crippen LogP contribution in [-0.2, 0) is 11.3 Å². The molecule has 18 heavy (non-hydrogen) atoms. The zero-order valence-corrected chi connectivity index (χ0v) is 11.6. The second-order valence-electron chi connectivity index (χ2n) is 5.20. The average Bonchev–Trinajstić information content (AvgIpc) is 3.12. The summed E-state index contributed by atoms with van der Waals surface area (Å²) in [7, 11) is 1.76. The summed E-state index contributed by atoms with van der Waals surface area (Å²) in [4.78, 5) is 0. The molecule has 1 saturated carbocycles. The summed E-state index contributed by atoms with van der Waals surface area (Å²) >= 11 is 5.99. The van der Waals surface area contributed by atoms with Gasteiger partial charge in [0.15, 0.2) is 0 Å². The highest BCUT2D eigenvalue weighted by molar-refractivity contribution is 6.33. The van der Waals surface area contributed by atoms with E-state index in [1.165, 1.54) is 18.4 Å². The summed E-state index contributed by atoms with van der Waals surface area (Å²) < 4.78 is 5.15. The van der Waals surface area contributed by atoms with Gasteiger partial charge in [-0.25, -0.2) is 0 Å². The van der Waals surface area contributed by atoms with Crippen LogP contribution in [0.15, 0.2) is 18.2 Å². The van der Waals surface area contributed by atoms with Crippen molar-refractivity contribution in [3.8, 4) is 0 Å². The fraction of sp³-hybridized carbons (Fsp3) is 0.571. The number of nitrogens with two attached hydrogens (primary N) is 1. The Kier molecular flexibility index (Phi) is 4.49. The Morgan fingerprint density at radius 1 is 1.44 bits per heavy atom. The molecule has 0 spiro atoms. The molecule has 0 aromatic heterocycles. The first-order chi connectivity index (χ1) is 8.65. The van der Waals surface area contributed by atoms with Gasteiger partial charge in [0.1, 0.15) is 0 Å². The Labute approximate surface area is 114 Å². The van der Waals surface area contributed by atoms with Crippen molar-refractivity contribution < 1.29 is 4.74 Å². The molecule has 2 rings (SSSR count). The minimum Gasteiger partial charge on any atom is -0.398 e. The van der Waals surface area contributed by atoms with Crippen molar-refractivity contribution in [3.05, 3.63) is 28.8 Å². The van der Waals surface area contributed by atoms with Gasteiger partial charge in [0, 0.05) is 26.8 Å². The average molecular weight is 269 g/mol. The van der Waals surface area contributed by atoms with Crippen LogP contribution in [0.5, 0.6) is 0 Å². The van der Waals surface area contributed by atoms with Crippen molar-refractivity contribution in [2.24, 2.45) is 5.41 Å². The number of halogens is 1. The maximum Gasteiger partial charge on any atom is 0.0638 e. The molecule has 1 aliphatic rings. The first-order valence-electron chi connectivity index (χ1n) is 6.39. The largest absolute Gasteiger partial charge is 0.398 e. The Morgan fingerprint density at radius 3 is 2.83 bits per heavy atom. The van der Waals surface area contributed by atoms with E-state index in [2.05, 4.69) is 5.32 Å². The summed E-state index contributed by atoms with van der Waals surface area (Å²) in [5.74, 6) is 0. The van der Waals surface area contributed by atoms with Gasteiger partial charge < -0.3 is 15.8 Å². The van der Waals surface area contributed by atoms with E-state index >= 15 is 0 Å². The molecule has 0 radical (unpaired) electrons. The fourth-order valence-corrected chi connectivity index (χ4v) is 2.37. The molecule has 0 unspecified atom stereocenters. The second-order valence-corrected chi connectivity index (χ2v) is 5.61. The van der Waals surface area contributed by atoms with E-state index in [1.54, 1.807) is 7.11 Å². The van der Waals surface area contributed by atoms with E-state index in [0.29, 0.717) is 16.1 Å². The number of ether oxygens (including phenoxy) is 1. The van der Waals surface area contributed by atoms with Crippen molar-refractivity contribution in [1.82, 2.24) is 5.32 Å². The molecule has 1 fully saturated rings. The summed E-state index contributed by atoms with van der Waals surface area (Å²) in [5.41, 5.74) is 7.98. The van der Waals surface area contributed by atoms with E-state index in [9.17, 15) is 0 Å². The number of hydrogen-bond donors (Lipinski definition) is 2. The lowest BCUT2D eigenvalue weighted by atomic mass is 10.0. The molecule has 1 aromatic rings. The van der Waals surface area contributed by atoms with Crippen molar-refractivity contribution in [3.63, 3.8) is 0 Å². The molecular weight excluding hydrogens is 248 g/mol. The van der Waals surface area contributed by atoms with E-state index in [4.69, 9.17) is 22.1 Å². The molecule has 1 aliphatic carbocycles. The third kappa shape index (κ3) is 3.61. The number of hydrogen-bond acceptors (Lipinski definition) is 3. The van der Waals surface area contributed by atoms with Gasteiger partial charge >= 0.3 is 0 Å². The number of nitrogens with one attached hydrogen (secondary N) is 1. The van der Waals surface area contributed by atoms with Gasteiger partial charge in [-0.2, -0.15) is 0 Å². The Hall–Kier alpha value is -0.770. The highest BCUT2D eigenvalue weighted by Crippen LogP contribution is 2.48. The van der Waals surface area contributed by atoms with Crippen molar-refractivity contribution in [2.75, 3.05) is 26.0 Å². The molecular formula is C14H21ClN2O. The SMILES string of the molecule is COCCC1(CNCc2ccc(N)c(Cl)c2)CC1. The number of benzene rings is 1. The van der Waals surface area contributed by atoms with Crippen LogP contribution in [-0.4, -0.2) is 20.3 Å². The Morgan fingerprint density at radius 2 is 2.22 bits per heavy atom. The van der Waals surface area contributed by atoms with Crippen LogP contribution in [0.4, 0.5) is 5.69 Å².